The zero-order chi connectivity index (χ0) is 12.4. The van der Waals surface area contributed by atoms with Gasteiger partial charge in [-0.2, -0.15) is 0 Å². The molecule has 0 radical (unpaired) electrons. The summed E-state index contributed by atoms with van der Waals surface area (Å²) in [6.07, 6.45) is 0. The molecule has 6 heteroatoms. The van der Waals surface area contributed by atoms with E-state index in [0.717, 1.165) is 19.6 Å². The molecule has 0 aliphatic carbocycles. The van der Waals surface area contributed by atoms with Gasteiger partial charge >= 0.3 is 11.8 Å². The molecule has 94 valence electrons. The maximum absolute atomic E-state index is 11.2. The number of carbonyl (C=O) groups is 2. The third kappa shape index (κ3) is 6.36. The number of carbonyl (C=O) groups excluding carboxylic acids is 2. The lowest BCUT2D eigenvalue weighted by Crippen LogP contribution is -2.44. The Balaban J connectivity index is 3.68. The van der Waals surface area contributed by atoms with Crippen LogP contribution in [-0.2, 0) is 9.59 Å². The summed E-state index contributed by atoms with van der Waals surface area (Å²) in [5.41, 5.74) is 5.20. The van der Waals surface area contributed by atoms with Gasteiger partial charge in [-0.15, -0.1) is 0 Å². The second kappa shape index (κ2) is 9.11. The van der Waals surface area contributed by atoms with Gasteiger partial charge in [-0.1, -0.05) is 13.8 Å². The lowest BCUT2D eigenvalue weighted by atomic mass is 10.4. The molecule has 0 aliphatic rings. The maximum atomic E-state index is 11.2. The van der Waals surface area contributed by atoms with E-state index >= 15 is 0 Å². The van der Waals surface area contributed by atoms with Crippen molar-refractivity contribution in [3.8, 4) is 0 Å². The first-order valence-corrected chi connectivity index (χ1v) is 5.64. The van der Waals surface area contributed by atoms with E-state index in [-0.39, 0.29) is 0 Å². The first kappa shape index (κ1) is 14.9. The number of nitrogens with two attached hydrogens (primary N) is 1. The van der Waals surface area contributed by atoms with Crippen molar-refractivity contribution in [1.82, 2.24) is 15.5 Å². The van der Waals surface area contributed by atoms with Crippen molar-refractivity contribution < 1.29 is 9.59 Å². The summed E-state index contributed by atoms with van der Waals surface area (Å²) in [5, 5.41) is 4.97. The van der Waals surface area contributed by atoms with E-state index in [4.69, 9.17) is 5.73 Å². The van der Waals surface area contributed by atoms with Crippen LogP contribution in [-0.4, -0.2) is 56.0 Å². The van der Waals surface area contributed by atoms with Crippen LogP contribution in [0.3, 0.4) is 0 Å². The lowest BCUT2D eigenvalue weighted by Gasteiger charge is -2.17. The summed E-state index contributed by atoms with van der Waals surface area (Å²) in [5.74, 6) is -1.22. The van der Waals surface area contributed by atoms with Crippen LogP contribution in [0.25, 0.3) is 0 Å². The smallest absolute Gasteiger partial charge is 0.309 e. The quantitative estimate of drug-likeness (QED) is 0.465. The van der Waals surface area contributed by atoms with Crippen molar-refractivity contribution in [1.29, 1.82) is 0 Å². The van der Waals surface area contributed by atoms with E-state index in [1.165, 1.54) is 0 Å². The highest BCUT2D eigenvalue weighted by atomic mass is 16.2. The molecule has 16 heavy (non-hydrogen) atoms. The van der Waals surface area contributed by atoms with Crippen molar-refractivity contribution in [2.75, 3.05) is 39.3 Å². The second-order valence-corrected chi connectivity index (χ2v) is 3.33. The van der Waals surface area contributed by atoms with Gasteiger partial charge in [0.2, 0.25) is 0 Å². The van der Waals surface area contributed by atoms with Crippen LogP contribution in [0.1, 0.15) is 13.8 Å². The molecule has 0 unspecified atom stereocenters. The number of hydrogen-bond acceptors (Lipinski definition) is 4. The topological polar surface area (TPSA) is 87.5 Å². The molecule has 0 fully saturated rings. The Kier molecular flexibility index (Phi) is 8.46. The molecule has 0 aliphatic heterocycles. The molecule has 0 spiro atoms. The van der Waals surface area contributed by atoms with Gasteiger partial charge in [0.25, 0.3) is 0 Å². The third-order valence-electron chi connectivity index (χ3n) is 2.24. The zero-order valence-corrected chi connectivity index (χ0v) is 10.1. The first-order valence-electron chi connectivity index (χ1n) is 5.64. The SMILES string of the molecule is CCN(CC)CCNC(=O)C(=O)NCCN. The minimum atomic E-state index is -0.620. The summed E-state index contributed by atoms with van der Waals surface area (Å²) >= 11 is 0. The highest BCUT2D eigenvalue weighted by Crippen LogP contribution is 1.83. The van der Waals surface area contributed by atoms with Crippen LogP contribution in [0.5, 0.6) is 0 Å². The van der Waals surface area contributed by atoms with Crippen LogP contribution in [0.2, 0.25) is 0 Å². The van der Waals surface area contributed by atoms with E-state index in [1.807, 2.05) is 0 Å². The normalized spacial score (nSPS) is 10.2. The highest BCUT2D eigenvalue weighted by Gasteiger charge is 2.11. The van der Waals surface area contributed by atoms with Gasteiger partial charge in [0, 0.05) is 26.2 Å². The fourth-order valence-electron chi connectivity index (χ4n) is 1.21. The summed E-state index contributed by atoms with van der Waals surface area (Å²) in [6, 6.07) is 0. The number of nitrogens with one attached hydrogen (secondary N) is 2. The molecule has 4 N–H and O–H groups in total. The van der Waals surface area contributed by atoms with Gasteiger partial charge in [-0.3, -0.25) is 9.59 Å². The largest absolute Gasteiger partial charge is 0.347 e. The number of likely N-dealkylation sites (N-methyl/N-ethyl adjacent to an activating group) is 1. The molecule has 0 saturated carbocycles. The standard InChI is InChI=1S/C10H22N4O2/c1-3-14(4-2)8-7-13-10(16)9(15)12-6-5-11/h3-8,11H2,1-2H3,(H,12,15)(H,13,16). The van der Waals surface area contributed by atoms with E-state index < -0.39 is 11.8 Å². The molecule has 0 saturated heterocycles. The molecular formula is C10H22N4O2. The van der Waals surface area contributed by atoms with Gasteiger partial charge < -0.3 is 21.3 Å². The molecule has 0 rings (SSSR count). The van der Waals surface area contributed by atoms with Crippen molar-refractivity contribution >= 4 is 11.8 Å². The van der Waals surface area contributed by atoms with E-state index in [2.05, 4.69) is 29.4 Å². The third-order valence-corrected chi connectivity index (χ3v) is 2.24. The van der Waals surface area contributed by atoms with Gasteiger partial charge in [-0.05, 0) is 13.1 Å². The predicted octanol–water partition coefficient (Wildman–Crippen LogP) is -1.48. The molecule has 0 bridgehead atoms. The summed E-state index contributed by atoms with van der Waals surface area (Å²) in [7, 11) is 0. The fraction of sp³-hybridized carbons (Fsp3) is 0.800. The Morgan fingerprint density at radius 3 is 2.00 bits per heavy atom. The van der Waals surface area contributed by atoms with E-state index in [0.29, 0.717) is 19.6 Å². The number of nitrogens with zero attached hydrogens (tertiary/aromatic N) is 1. The van der Waals surface area contributed by atoms with Crippen molar-refractivity contribution in [3.63, 3.8) is 0 Å². The lowest BCUT2D eigenvalue weighted by molar-refractivity contribution is -0.139. The summed E-state index contributed by atoms with van der Waals surface area (Å²) < 4.78 is 0. The van der Waals surface area contributed by atoms with Crippen LogP contribution in [0, 0.1) is 0 Å². The predicted molar refractivity (Wildman–Crippen MR) is 62.9 cm³/mol. The van der Waals surface area contributed by atoms with Crippen molar-refractivity contribution in [2.24, 2.45) is 5.73 Å². The van der Waals surface area contributed by atoms with Crippen LogP contribution >= 0.6 is 0 Å². The van der Waals surface area contributed by atoms with Gasteiger partial charge in [0.15, 0.2) is 0 Å². The van der Waals surface area contributed by atoms with Gasteiger partial charge in [0.1, 0.15) is 0 Å². The monoisotopic (exact) mass is 230 g/mol. The Bertz CT molecular complexity index is 217. The molecule has 0 heterocycles. The van der Waals surface area contributed by atoms with Gasteiger partial charge in [-0.25, -0.2) is 0 Å². The van der Waals surface area contributed by atoms with Crippen LogP contribution in [0.4, 0.5) is 0 Å². The summed E-state index contributed by atoms with van der Waals surface area (Å²) in [6.45, 7) is 7.87. The molecular weight excluding hydrogens is 208 g/mol. The van der Waals surface area contributed by atoms with E-state index in [9.17, 15) is 9.59 Å². The minimum Gasteiger partial charge on any atom is -0.347 e. The average Bonchev–Trinajstić information content (AvgIpc) is 2.31. The maximum Gasteiger partial charge on any atom is 0.309 e. The summed E-state index contributed by atoms with van der Waals surface area (Å²) in [4.78, 5) is 24.5. The number of amides is 2. The zero-order valence-electron chi connectivity index (χ0n) is 10.1. The Morgan fingerprint density at radius 1 is 1.06 bits per heavy atom. The number of rotatable bonds is 7. The molecule has 0 aromatic carbocycles. The second-order valence-electron chi connectivity index (χ2n) is 3.33. The molecule has 0 aromatic heterocycles. The van der Waals surface area contributed by atoms with Gasteiger partial charge in [0.05, 0.1) is 0 Å². The Hall–Kier alpha value is -1.14. The first-order chi connectivity index (χ1) is 7.65. The van der Waals surface area contributed by atoms with Crippen molar-refractivity contribution in [2.45, 2.75) is 13.8 Å². The molecule has 0 aromatic rings. The van der Waals surface area contributed by atoms with E-state index in [1.54, 1.807) is 0 Å². The minimum absolute atomic E-state index is 0.322. The number of hydrogen-bond donors (Lipinski definition) is 3. The molecule has 0 atom stereocenters. The molecule has 2 amide bonds. The van der Waals surface area contributed by atoms with Crippen LogP contribution in [0.15, 0.2) is 0 Å². The average molecular weight is 230 g/mol. The van der Waals surface area contributed by atoms with Crippen molar-refractivity contribution in [3.05, 3.63) is 0 Å². The Labute approximate surface area is 96.5 Å². The Morgan fingerprint density at radius 2 is 1.56 bits per heavy atom. The van der Waals surface area contributed by atoms with Crippen LogP contribution < -0.4 is 16.4 Å². The fourth-order valence-corrected chi connectivity index (χ4v) is 1.21. The molecule has 6 nitrogen and oxygen atoms in total. The highest BCUT2D eigenvalue weighted by molar-refractivity contribution is 6.35.